The van der Waals surface area contributed by atoms with Gasteiger partial charge in [-0.1, -0.05) is 0 Å². The maximum absolute atomic E-state index is 9.39. The smallest absolute Gasteiger partial charge is 0.109 e. The van der Waals surface area contributed by atoms with E-state index in [2.05, 4.69) is 0 Å². The summed E-state index contributed by atoms with van der Waals surface area (Å²) in [7, 11) is 0. The lowest BCUT2D eigenvalue weighted by Crippen LogP contribution is -2.05. The van der Waals surface area contributed by atoms with E-state index in [0.29, 0.717) is 0 Å². The lowest BCUT2D eigenvalue weighted by atomic mass is 9.96. The van der Waals surface area contributed by atoms with Crippen LogP contribution in [0.2, 0.25) is 0 Å². The van der Waals surface area contributed by atoms with E-state index in [1.807, 2.05) is 6.07 Å². The lowest BCUT2D eigenvalue weighted by Gasteiger charge is -2.15. The molecule has 0 spiro atoms. The van der Waals surface area contributed by atoms with Crippen LogP contribution in [-0.4, -0.2) is 5.11 Å². The van der Waals surface area contributed by atoms with E-state index in [1.54, 1.807) is 6.26 Å². The first kappa shape index (κ1) is 5.98. The van der Waals surface area contributed by atoms with Crippen molar-refractivity contribution in [2.45, 2.75) is 25.4 Å². The maximum Gasteiger partial charge on any atom is 0.109 e. The third kappa shape index (κ3) is 0.762. The van der Waals surface area contributed by atoms with Crippen molar-refractivity contribution in [2.75, 3.05) is 0 Å². The molecule has 2 nitrogen and oxygen atoms in total. The average Bonchev–Trinajstić information content (AvgIpc) is 2.36. The van der Waals surface area contributed by atoms with E-state index in [4.69, 9.17) is 4.42 Å². The predicted molar refractivity (Wildman–Crippen MR) is 36.6 cm³/mol. The van der Waals surface area contributed by atoms with Crippen molar-refractivity contribution in [3.05, 3.63) is 23.7 Å². The van der Waals surface area contributed by atoms with Gasteiger partial charge in [-0.15, -0.1) is 0 Å². The quantitative estimate of drug-likeness (QED) is 0.591. The van der Waals surface area contributed by atoms with Crippen LogP contribution >= 0.6 is 0 Å². The molecule has 2 heteroatoms. The predicted octanol–water partition coefficient (Wildman–Crippen LogP) is 1.65. The van der Waals surface area contributed by atoms with Crippen molar-refractivity contribution in [2.24, 2.45) is 0 Å². The summed E-state index contributed by atoms with van der Waals surface area (Å²) in [6, 6.07) is 1.86. The van der Waals surface area contributed by atoms with Gasteiger partial charge in [0.25, 0.3) is 0 Å². The summed E-state index contributed by atoms with van der Waals surface area (Å²) < 4.78 is 5.17. The Balaban J connectivity index is 2.41. The van der Waals surface area contributed by atoms with Crippen LogP contribution in [0, 0.1) is 0 Å². The molecule has 0 saturated carbocycles. The molecule has 1 atom stereocenters. The summed E-state index contributed by atoms with van der Waals surface area (Å²) in [5, 5.41) is 9.39. The second kappa shape index (κ2) is 2.13. The Hall–Kier alpha value is -0.760. The number of rotatable bonds is 0. The molecule has 10 heavy (non-hydrogen) atoms. The van der Waals surface area contributed by atoms with Crippen LogP contribution in [0.25, 0.3) is 0 Å². The van der Waals surface area contributed by atoms with Crippen molar-refractivity contribution in [1.82, 2.24) is 0 Å². The number of hydrogen-bond donors (Lipinski definition) is 1. The van der Waals surface area contributed by atoms with E-state index < -0.39 is 0 Å². The largest absolute Gasteiger partial charge is 0.469 e. The van der Waals surface area contributed by atoms with E-state index in [9.17, 15) is 5.11 Å². The summed E-state index contributed by atoms with van der Waals surface area (Å²) in [6.07, 6.45) is 4.29. The highest BCUT2D eigenvalue weighted by Gasteiger charge is 2.19. The van der Waals surface area contributed by atoms with Crippen molar-refractivity contribution >= 4 is 0 Å². The van der Waals surface area contributed by atoms with Crippen LogP contribution in [0.3, 0.4) is 0 Å². The second-order valence-electron chi connectivity index (χ2n) is 2.71. The van der Waals surface area contributed by atoms with Crippen LogP contribution in [0.1, 0.15) is 30.3 Å². The standard InChI is InChI=1S/C8H10O2/c9-7-2-1-3-8-6(7)4-5-10-8/h4-5,7,9H,1-3H2/t7-/m0/s1. The number of aliphatic hydroxyl groups excluding tert-OH is 1. The molecule has 0 unspecified atom stereocenters. The van der Waals surface area contributed by atoms with Crippen molar-refractivity contribution in [3.8, 4) is 0 Å². The molecule has 1 aliphatic carbocycles. The van der Waals surface area contributed by atoms with E-state index >= 15 is 0 Å². The molecular formula is C8H10O2. The van der Waals surface area contributed by atoms with E-state index in [0.717, 1.165) is 30.6 Å². The van der Waals surface area contributed by atoms with Gasteiger partial charge >= 0.3 is 0 Å². The molecule has 2 rings (SSSR count). The monoisotopic (exact) mass is 138 g/mol. The summed E-state index contributed by atoms with van der Waals surface area (Å²) in [5.74, 6) is 0.971. The minimum absolute atomic E-state index is 0.275. The van der Waals surface area contributed by atoms with Gasteiger partial charge < -0.3 is 9.52 Å². The summed E-state index contributed by atoms with van der Waals surface area (Å²) >= 11 is 0. The summed E-state index contributed by atoms with van der Waals surface area (Å²) in [4.78, 5) is 0. The third-order valence-electron chi connectivity index (χ3n) is 2.02. The normalized spacial score (nSPS) is 24.3. The highest BCUT2D eigenvalue weighted by atomic mass is 16.3. The van der Waals surface area contributed by atoms with E-state index in [1.165, 1.54) is 0 Å². The molecule has 1 heterocycles. The first-order valence-corrected chi connectivity index (χ1v) is 3.62. The molecular weight excluding hydrogens is 128 g/mol. The maximum atomic E-state index is 9.39. The average molecular weight is 138 g/mol. The van der Waals surface area contributed by atoms with Crippen molar-refractivity contribution < 1.29 is 9.52 Å². The van der Waals surface area contributed by atoms with Crippen LogP contribution in [0.4, 0.5) is 0 Å². The number of aryl methyl sites for hydroxylation is 1. The van der Waals surface area contributed by atoms with Gasteiger partial charge in [0.1, 0.15) is 5.76 Å². The number of furan rings is 1. The Bertz CT molecular complexity index is 227. The zero-order chi connectivity index (χ0) is 6.97. The minimum Gasteiger partial charge on any atom is -0.469 e. The van der Waals surface area contributed by atoms with Crippen LogP contribution < -0.4 is 0 Å². The third-order valence-corrected chi connectivity index (χ3v) is 2.02. The van der Waals surface area contributed by atoms with Crippen LogP contribution in [0.15, 0.2) is 16.7 Å². The second-order valence-corrected chi connectivity index (χ2v) is 2.71. The van der Waals surface area contributed by atoms with Gasteiger partial charge in [0.2, 0.25) is 0 Å². The fraction of sp³-hybridized carbons (Fsp3) is 0.500. The molecule has 1 N–H and O–H groups in total. The number of fused-ring (bicyclic) bond motifs is 1. The van der Waals surface area contributed by atoms with Gasteiger partial charge in [-0.3, -0.25) is 0 Å². The fourth-order valence-corrected chi connectivity index (χ4v) is 1.46. The van der Waals surface area contributed by atoms with Crippen LogP contribution in [-0.2, 0) is 6.42 Å². The Morgan fingerprint density at radius 1 is 1.60 bits per heavy atom. The van der Waals surface area contributed by atoms with Crippen LogP contribution in [0.5, 0.6) is 0 Å². The zero-order valence-electron chi connectivity index (χ0n) is 5.71. The van der Waals surface area contributed by atoms with Gasteiger partial charge in [-0.25, -0.2) is 0 Å². The Morgan fingerprint density at radius 3 is 3.30 bits per heavy atom. The molecule has 1 aromatic rings. The Morgan fingerprint density at radius 2 is 2.50 bits per heavy atom. The molecule has 0 bridgehead atoms. The fourth-order valence-electron chi connectivity index (χ4n) is 1.46. The Kier molecular flexibility index (Phi) is 1.27. The lowest BCUT2D eigenvalue weighted by molar-refractivity contribution is 0.152. The van der Waals surface area contributed by atoms with Gasteiger partial charge in [0, 0.05) is 12.0 Å². The summed E-state index contributed by atoms with van der Waals surface area (Å²) in [6.45, 7) is 0. The zero-order valence-corrected chi connectivity index (χ0v) is 5.71. The topological polar surface area (TPSA) is 33.4 Å². The van der Waals surface area contributed by atoms with Crippen molar-refractivity contribution in [3.63, 3.8) is 0 Å². The molecule has 0 saturated heterocycles. The number of aliphatic hydroxyl groups is 1. The molecule has 0 amide bonds. The molecule has 1 aliphatic rings. The van der Waals surface area contributed by atoms with E-state index in [-0.39, 0.29) is 6.10 Å². The van der Waals surface area contributed by atoms with Gasteiger partial charge in [-0.05, 0) is 18.9 Å². The minimum atomic E-state index is -0.275. The molecule has 0 radical (unpaired) electrons. The summed E-state index contributed by atoms with van der Waals surface area (Å²) in [5.41, 5.74) is 0.992. The highest BCUT2D eigenvalue weighted by Crippen LogP contribution is 2.29. The van der Waals surface area contributed by atoms with Gasteiger partial charge in [-0.2, -0.15) is 0 Å². The number of hydrogen-bond acceptors (Lipinski definition) is 2. The van der Waals surface area contributed by atoms with Gasteiger partial charge in [0.05, 0.1) is 12.4 Å². The first-order valence-electron chi connectivity index (χ1n) is 3.62. The SMILES string of the molecule is O[C@H]1CCCc2occc21. The molecule has 0 aromatic carbocycles. The van der Waals surface area contributed by atoms with Crippen molar-refractivity contribution in [1.29, 1.82) is 0 Å². The molecule has 1 aromatic heterocycles. The van der Waals surface area contributed by atoms with Gasteiger partial charge in [0.15, 0.2) is 0 Å². The molecule has 0 aliphatic heterocycles. The molecule has 0 fully saturated rings. The first-order chi connectivity index (χ1) is 4.88. The Labute approximate surface area is 59.5 Å². The molecule has 54 valence electrons. The highest BCUT2D eigenvalue weighted by molar-refractivity contribution is 5.22.